The Morgan fingerprint density at radius 2 is 2.38 bits per heavy atom. The van der Waals surface area contributed by atoms with Gasteiger partial charge < -0.3 is 9.32 Å². The first kappa shape index (κ1) is 11.2. The molecule has 16 heavy (non-hydrogen) atoms. The van der Waals surface area contributed by atoms with Gasteiger partial charge >= 0.3 is 0 Å². The molecule has 0 saturated carbocycles. The lowest BCUT2D eigenvalue weighted by molar-refractivity contribution is -0.124. The highest BCUT2D eigenvalue weighted by Gasteiger charge is 2.28. The fourth-order valence-electron chi connectivity index (χ4n) is 1.82. The number of carbonyl (C=O) groups excluding carboxylic acids is 2. The average Bonchev–Trinajstić information content (AvgIpc) is 2.67. The maximum atomic E-state index is 12.0. The van der Waals surface area contributed by atoms with Gasteiger partial charge in [-0.3, -0.25) is 9.59 Å². The molecule has 1 aromatic rings. The molecule has 2 heterocycles. The molecule has 1 unspecified atom stereocenters. The zero-order valence-electron chi connectivity index (χ0n) is 8.90. The van der Waals surface area contributed by atoms with Gasteiger partial charge in [0.05, 0.1) is 11.8 Å². The molecule has 1 amide bonds. The molecule has 0 radical (unpaired) electrons. The molecule has 0 spiro atoms. The van der Waals surface area contributed by atoms with E-state index in [2.05, 4.69) is 0 Å². The first-order valence-corrected chi connectivity index (χ1v) is 5.52. The number of ketones is 1. The van der Waals surface area contributed by atoms with Crippen LogP contribution in [0, 0.1) is 5.92 Å². The van der Waals surface area contributed by atoms with Crippen LogP contribution in [0.15, 0.2) is 16.7 Å². The molecular formula is C11H12ClNO3. The van der Waals surface area contributed by atoms with Crippen molar-refractivity contribution in [2.45, 2.75) is 13.3 Å². The zero-order valence-corrected chi connectivity index (χ0v) is 9.66. The minimum absolute atomic E-state index is 0.0941. The quantitative estimate of drug-likeness (QED) is 0.756. The van der Waals surface area contributed by atoms with E-state index in [1.165, 1.54) is 6.26 Å². The first-order chi connectivity index (χ1) is 7.59. The van der Waals surface area contributed by atoms with E-state index in [0.29, 0.717) is 25.1 Å². The number of carbonyl (C=O) groups is 2. The summed E-state index contributed by atoms with van der Waals surface area (Å²) in [6.45, 7) is 2.75. The third-order valence-corrected chi connectivity index (χ3v) is 3.10. The van der Waals surface area contributed by atoms with Gasteiger partial charge in [0.1, 0.15) is 5.78 Å². The van der Waals surface area contributed by atoms with Gasteiger partial charge in [-0.25, -0.2) is 0 Å². The molecular weight excluding hydrogens is 230 g/mol. The summed E-state index contributed by atoms with van der Waals surface area (Å²) in [5, 5.41) is 0.106. The van der Waals surface area contributed by atoms with E-state index in [1.807, 2.05) is 6.92 Å². The zero-order chi connectivity index (χ0) is 11.7. The van der Waals surface area contributed by atoms with E-state index in [0.717, 1.165) is 0 Å². The molecule has 1 aromatic heterocycles. The number of hydrogen-bond donors (Lipinski definition) is 0. The van der Waals surface area contributed by atoms with Crippen molar-refractivity contribution in [1.82, 2.24) is 4.90 Å². The summed E-state index contributed by atoms with van der Waals surface area (Å²) in [7, 11) is 0. The second-order valence-electron chi connectivity index (χ2n) is 3.98. The molecule has 86 valence electrons. The van der Waals surface area contributed by atoms with Crippen LogP contribution in [0.3, 0.4) is 0 Å². The van der Waals surface area contributed by atoms with Crippen molar-refractivity contribution in [3.63, 3.8) is 0 Å². The molecule has 1 atom stereocenters. The molecule has 1 fully saturated rings. The van der Waals surface area contributed by atoms with Crippen molar-refractivity contribution in [3.05, 3.63) is 23.1 Å². The Hall–Kier alpha value is -1.29. The van der Waals surface area contributed by atoms with Crippen LogP contribution in [0.2, 0.25) is 5.22 Å². The second kappa shape index (κ2) is 4.29. The minimum atomic E-state index is -0.168. The molecule has 0 aliphatic carbocycles. The van der Waals surface area contributed by atoms with Crippen molar-refractivity contribution in [2.75, 3.05) is 13.1 Å². The lowest BCUT2D eigenvalue weighted by Crippen LogP contribution is -2.43. The van der Waals surface area contributed by atoms with Crippen LogP contribution in [0.4, 0.5) is 0 Å². The van der Waals surface area contributed by atoms with Crippen LogP contribution in [-0.2, 0) is 4.79 Å². The smallest absolute Gasteiger partial charge is 0.258 e. The SMILES string of the molecule is CC1CN(C(=O)c2ccoc2Cl)CCC1=O. The summed E-state index contributed by atoms with van der Waals surface area (Å²) in [5.41, 5.74) is 0.364. The molecule has 4 nitrogen and oxygen atoms in total. The number of furan rings is 1. The van der Waals surface area contributed by atoms with Crippen molar-refractivity contribution in [1.29, 1.82) is 0 Å². The Bertz CT molecular complexity index is 427. The van der Waals surface area contributed by atoms with Gasteiger partial charge in [0.25, 0.3) is 5.91 Å². The van der Waals surface area contributed by atoms with E-state index in [1.54, 1.807) is 11.0 Å². The lowest BCUT2D eigenvalue weighted by Gasteiger charge is -2.29. The number of likely N-dealkylation sites (tertiary alicyclic amines) is 1. The van der Waals surface area contributed by atoms with Gasteiger partial charge in [-0.15, -0.1) is 0 Å². The number of hydrogen-bond acceptors (Lipinski definition) is 3. The van der Waals surface area contributed by atoms with E-state index < -0.39 is 0 Å². The monoisotopic (exact) mass is 241 g/mol. The summed E-state index contributed by atoms with van der Waals surface area (Å²) < 4.78 is 4.88. The Morgan fingerprint density at radius 1 is 1.62 bits per heavy atom. The van der Waals surface area contributed by atoms with Gasteiger partial charge in [0.15, 0.2) is 0 Å². The highest BCUT2D eigenvalue weighted by molar-refractivity contribution is 6.32. The third kappa shape index (κ3) is 1.97. The highest BCUT2D eigenvalue weighted by Crippen LogP contribution is 2.21. The third-order valence-electron chi connectivity index (χ3n) is 2.81. The average molecular weight is 242 g/mol. The molecule has 1 aliphatic rings. The Labute approximate surface area is 98.2 Å². The molecule has 0 aromatic carbocycles. The minimum Gasteiger partial charge on any atom is -0.452 e. The molecule has 5 heteroatoms. The molecule has 1 saturated heterocycles. The van der Waals surface area contributed by atoms with Gasteiger partial charge in [-0.1, -0.05) is 6.92 Å². The first-order valence-electron chi connectivity index (χ1n) is 5.14. The van der Waals surface area contributed by atoms with Crippen LogP contribution >= 0.6 is 11.6 Å². The highest BCUT2D eigenvalue weighted by atomic mass is 35.5. The normalized spacial score (nSPS) is 21.2. The molecule has 0 N–H and O–H groups in total. The maximum absolute atomic E-state index is 12.0. The summed E-state index contributed by atoms with van der Waals surface area (Å²) in [5.74, 6) is -0.0520. The summed E-state index contributed by atoms with van der Waals surface area (Å²) in [6.07, 6.45) is 1.80. The van der Waals surface area contributed by atoms with Gasteiger partial charge in [-0.2, -0.15) is 0 Å². The topological polar surface area (TPSA) is 50.5 Å². The van der Waals surface area contributed by atoms with Gasteiger partial charge in [0, 0.05) is 25.4 Å². The van der Waals surface area contributed by atoms with E-state index in [4.69, 9.17) is 16.0 Å². The predicted molar refractivity (Wildman–Crippen MR) is 58.4 cm³/mol. The van der Waals surface area contributed by atoms with E-state index >= 15 is 0 Å². The summed E-state index contributed by atoms with van der Waals surface area (Å²) >= 11 is 5.74. The van der Waals surface area contributed by atoms with Gasteiger partial charge in [0.2, 0.25) is 5.22 Å². The molecule has 1 aliphatic heterocycles. The lowest BCUT2D eigenvalue weighted by atomic mass is 9.98. The van der Waals surface area contributed by atoms with Gasteiger partial charge in [-0.05, 0) is 17.7 Å². The maximum Gasteiger partial charge on any atom is 0.258 e. The Balaban J connectivity index is 2.12. The number of rotatable bonds is 1. The second-order valence-corrected chi connectivity index (χ2v) is 4.32. The summed E-state index contributed by atoms with van der Waals surface area (Å²) in [4.78, 5) is 25.0. The van der Waals surface area contributed by atoms with E-state index in [9.17, 15) is 9.59 Å². The predicted octanol–water partition coefficient (Wildman–Crippen LogP) is 1.98. The number of halogens is 1. The van der Waals surface area contributed by atoms with Crippen molar-refractivity contribution in [2.24, 2.45) is 5.92 Å². The molecule has 2 rings (SSSR count). The molecule has 0 bridgehead atoms. The Morgan fingerprint density at radius 3 is 2.94 bits per heavy atom. The van der Waals surface area contributed by atoms with Crippen LogP contribution in [0.25, 0.3) is 0 Å². The fourth-order valence-corrected chi connectivity index (χ4v) is 2.01. The van der Waals surface area contributed by atoms with Crippen molar-refractivity contribution in [3.8, 4) is 0 Å². The fraction of sp³-hybridized carbons (Fsp3) is 0.455. The number of nitrogens with zero attached hydrogens (tertiary/aromatic N) is 1. The number of piperidine rings is 1. The van der Waals surface area contributed by atoms with Crippen molar-refractivity contribution >= 4 is 23.3 Å². The Kier molecular flexibility index (Phi) is 3.01. The number of amides is 1. The summed E-state index contributed by atoms with van der Waals surface area (Å²) in [6, 6.07) is 1.55. The standard InChI is InChI=1S/C11H12ClNO3/c1-7-6-13(4-2-9(7)14)11(15)8-3-5-16-10(8)12/h3,5,7H,2,4,6H2,1H3. The van der Waals surface area contributed by atoms with E-state index in [-0.39, 0.29) is 22.8 Å². The van der Waals surface area contributed by atoms with Crippen LogP contribution in [0.5, 0.6) is 0 Å². The number of Topliss-reactive ketones (excluding diaryl/α,β-unsaturated/α-hetero) is 1. The van der Waals surface area contributed by atoms with Crippen LogP contribution < -0.4 is 0 Å². The van der Waals surface area contributed by atoms with Crippen LogP contribution in [-0.4, -0.2) is 29.7 Å². The van der Waals surface area contributed by atoms with Crippen molar-refractivity contribution < 1.29 is 14.0 Å². The largest absolute Gasteiger partial charge is 0.452 e. The van der Waals surface area contributed by atoms with Crippen LogP contribution in [0.1, 0.15) is 23.7 Å².